The number of aldehydes is 1. The molecule has 0 aliphatic carbocycles. The van der Waals surface area contributed by atoms with Crippen molar-refractivity contribution in [1.29, 1.82) is 0 Å². The third kappa shape index (κ3) is 3.23. The molecule has 1 fully saturated rings. The molecule has 0 atom stereocenters. The van der Waals surface area contributed by atoms with E-state index in [2.05, 4.69) is 21.3 Å². The van der Waals surface area contributed by atoms with Gasteiger partial charge < -0.3 is 9.64 Å². The summed E-state index contributed by atoms with van der Waals surface area (Å²) in [5, 5.41) is 4.18. The third-order valence-electron chi connectivity index (χ3n) is 4.23. The average molecular weight is 376 g/mol. The molecular formula is C17H13F3N5O2. The highest BCUT2D eigenvalue weighted by Gasteiger charge is 2.35. The van der Waals surface area contributed by atoms with Gasteiger partial charge in [-0.2, -0.15) is 13.2 Å². The van der Waals surface area contributed by atoms with E-state index >= 15 is 0 Å². The summed E-state index contributed by atoms with van der Waals surface area (Å²) in [5.74, 6) is 0.309. The summed E-state index contributed by atoms with van der Waals surface area (Å²) in [5.41, 5.74) is -0.287. The third-order valence-corrected chi connectivity index (χ3v) is 4.23. The predicted octanol–water partition coefficient (Wildman–Crippen LogP) is 2.26. The van der Waals surface area contributed by atoms with Crippen LogP contribution in [-0.2, 0) is 10.9 Å². The van der Waals surface area contributed by atoms with Gasteiger partial charge in [0.25, 0.3) is 0 Å². The molecule has 7 nitrogen and oxygen atoms in total. The van der Waals surface area contributed by atoms with Crippen LogP contribution in [0.3, 0.4) is 0 Å². The van der Waals surface area contributed by atoms with Crippen molar-refractivity contribution >= 4 is 17.6 Å². The van der Waals surface area contributed by atoms with Gasteiger partial charge >= 0.3 is 6.18 Å². The normalized spacial score (nSPS) is 15.3. The zero-order valence-corrected chi connectivity index (χ0v) is 13.9. The number of nitrogens with zero attached hydrogens (tertiary/aromatic N) is 5. The molecule has 0 amide bonds. The van der Waals surface area contributed by atoms with E-state index in [1.54, 1.807) is 6.07 Å². The molecule has 1 radical (unpaired) electrons. The van der Waals surface area contributed by atoms with Crippen molar-refractivity contribution in [2.24, 2.45) is 0 Å². The van der Waals surface area contributed by atoms with Crippen LogP contribution >= 0.6 is 0 Å². The van der Waals surface area contributed by atoms with E-state index in [-0.39, 0.29) is 11.4 Å². The van der Waals surface area contributed by atoms with Gasteiger partial charge in [-0.15, -0.1) is 5.10 Å². The van der Waals surface area contributed by atoms with Crippen LogP contribution in [0.15, 0.2) is 24.5 Å². The van der Waals surface area contributed by atoms with Crippen molar-refractivity contribution in [1.82, 2.24) is 19.6 Å². The molecule has 0 spiro atoms. The summed E-state index contributed by atoms with van der Waals surface area (Å²) in [6.45, 7) is 2.01. The molecule has 0 bridgehead atoms. The number of ether oxygens (including phenoxy) is 1. The lowest BCUT2D eigenvalue weighted by Crippen LogP contribution is -2.37. The van der Waals surface area contributed by atoms with Crippen LogP contribution in [0.2, 0.25) is 0 Å². The van der Waals surface area contributed by atoms with Gasteiger partial charge in [-0.25, -0.2) is 9.50 Å². The lowest BCUT2D eigenvalue weighted by molar-refractivity contribution is -0.137. The molecule has 3 aromatic heterocycles. The number of fused-ring (bicyclic) bond motifs is 1. The number of anilines is 1. The predicted molar refractivity (Wildman–Crippen MR) is 88.5 cm³/mol. The van der Waals surface area contributed by atoms with Gasteiger partial charge in [0.2, 0.25) is 0 Å². The van der Waals surface area contributed by atoms with E-state index in [4.69, 9.17) is 4.74 Å². The zero-order chi connectivity index (χ0) is 19.0. The quantitative estimate of drug-likeness (QED) is 0.653. The van der Waals surface area contributed by atoms with Crippen molar-refractivity contribution in [3.05, 3.63) is 41.9 Å². The van der Waals surface area contributed by atoms with Gasteiger partial charge in [0.15, 0.2) is 17.9 Å². The van der Waals surface area contributed by atoms with Crippen LogP contribution in [0.4, 0.5) is 19.0 Å². The van der Waals surface area contributed by atoms with Gasteiger partial charge in [-0.3, -0.25) is 9.78 Å². The number of alkyl halides is 3. The van der Waals surface area contributed by atoms with E-state index in [0.717, 1.165) is 12.3 Å². The fraction of sp³-hybridized carbons (Fsp3) is 0.294. The van der Waals surface area contributed by atoms with Crippen LogP contribution in [0.5, 0.6) is 0 Å². The van der Waals surface area contributed by atoms with Crippen molar-refractivity contribution in [3.63, 3.8) is 0 Å². The molecule has 0 aromatic carbocycles. The number of carbonyl (C=O) groups is 1. The van der Waals surface area contributed by atoms with E-state index in [9.17, 15) is 18.0 Å². The zero-order valence-electron chi connectivity index (χ0n) is 13.9. The van der Waals surface area contributed by atoms with Crippen LogP contribution in [0.25, 0.3) is 16.9 Å². The number of halogens is 3. The summed E-state index contributed by atoms with van der Waals surface area (Å²) < 4.78 is 46.8. The molecule has 3 aromatic rings. The molecular weight excluding hydrogens is 363 g/mol. The number of carbonyl (C=O) groups excluding carboxylic acids is 1. The SMILES string of the molecule is O=Cc1cc2c(N3CCOCC3)nc(-c3cn[c]cc3C(F)(F)F)nn2c1. The number of rotatable bonds is 3. The maximum absolute atomic E-state index is 13.4. The number of pyridine rings is 1. The Morgan fingerprint density at radius 3 is 2.74 bits per heavy atom. The van der Waals surface area contributed by atoms with Crippen LogP contribution in [0, 0.1) is 6.20 Å². The van der Waals surface area contributed by atoms with Crippen LogP contribution in [-0.4, -0.2) is 52.2 Å². The Kier molecular flexibility index (Phi) is 4.27. The molecule has 139 valence electrons. The second-order valence-corrected chi connectivity index (χ2v) is 5.94. The number of hydrogen-bond donors (Lipinski definition) is 0. The molecule has 1 aliphatic rings. The van der Waals surface area contributed by atoms with Gasteiger partial charge in [-0.05, 0) is 12.1 Å². The maximum Gasteiger partial charge on any atom is 0.417 e. The summed E-state index contributed by atoms with van der Waals surface area (Å²) in [6.07, 6.45) is 0.741. The first-order chi connectivity index (χ1) is 13.0. The number of hydrogen-bond acceptors (Lipinski definition) is 6. The molecule has 27 heavy (non-hydrogen) atoms. The monoisotopic (exact) mass is 376 g/mol. The van der Waals surface area contributed by atoms with Crippen LogP contribution in [0.1, 0.15) is 15.9 Å². The molecule has 0 saturated carbocycles. The maximum atomic E-state index is 13.4. The summed E-state index contributed by atoms with van der Waals surface area (Å²) in [6, 6.07) is 2.37. The van der Waals surface area contributed by atoms with Crippen molar-refractivity contribution in [2.75, 3.05) is 31.2 Å². The average Bonchev–Trinajstić information content (AvgIpc) is 3.10. The van der Waals surface area contributed by atoms with Crippen LogP contribution < -0.4 is 4.90 Å². The van der Waals surface area contributed by atoms with E-state index < -0.39 is 11.7 Å². The Bertz CT molecular complexity index is 996. The van der Waals surface area contributed by atoms with Gasteiger partial charge in [-0.1, -0.05) is 0 Å². The fourth-order valence-corrected chi connectivity index (χ4v) is 2.95. The number of aromatic nitrogens is 4. The molecule has 0 unspecified atom stereocenters. The molecule has 10 heteroatoms. The first-order valence-electron chi connectivity index (χ1n) is 8.09. The summed E-state index contributed by atoms with van der Waals surface area (Å²) in [4.78, 5) is 21.1. The van der Waals surface area contributed by atoms with E-state index in [0.29, 0.717) is 49.5 Å². The minimum atomic E-state index is -4.60. The Morgan fingerprint density at radius 2 is 2.04 bits per heavy atom. The van der Waals surface area contributed by atoms with E-state index in [1.807, 2.05) is 4.90 Å². The fourth-order valence-electron chi connectivity index (χ4n) is 2.95. The van der Waals surface area contributed by atoms with Crippen molar-refractivity contribution in [3.8, 4) is 11.4 Å². The summed E-state index contributed by atoms with van der Waals surface area (Å²) >= 11 is 0. The molecule has 1 aliphatic heterocycles. The standard InChI is InChI=1S/C17H13F3N5O2/c18-17(19,20)13-1-2-21-8-12(13)15-22-16(24-3-5-27-6-4-24)14-7-11(10-26)9-25(14)23-15/h1,7-10H,3-6H2. The first-order valence-corrected chi connectivity index (χ1v) is 8.09. The van der Waals surface area contributed by atoms with Gasteiger partial charge in [0.1, 0.15) is 5.52 Å². The topological polar surface area (TPSA) is 72.6 Å². The minimum absolute atomic E-state index is 0.133. The highest BCUT2D eigenvalue weighted by molar-refractivity contribution is 5.82. The molecule has 4 rings (SSSR count). The molecule has 4 heterocycles. The lowest BCUT2D eigenvalue weighted by Gasteiger charge is -2.28. The Labute approximate surface area is 151 Å². The van der Waals surface area contributed by atoms with Gasteiger partial charge in [0.05, 0.1) is 30.5 Å². The Balaban J connectivity index is 1.93. The van der Waals surface area contributed by atoms with Gasteiger partial charge in [0, 0.05) is 31.0 Å². The Morgan fingerprint density at radius 1 is 1.26 bits per heavy atom. The lowest BCUT2D eigenvalue weighted by atomic mass is 10.1. The highest BCUT2D eigenvalue weighted by atomic mass is 19.4. The second kappa shape index (κ2) is 6.62. The van der Waals surface area contributed by atoms with Crippen molar-refractivity contribution < 1.29 is 22.7 Å². The number of morpholine rings is 1. The van der Waals surface area contributed by atoms with E-state index in [1.165, 1.54) is 10.7 Å². The minimum Gasteiger partial charge on any atom is -0.378 e. The second-order valence-electron chi connectivity index (χ2n) is 5.94. The summed E-state index contributed by atoms with van der Waals surface area (Å²) in [7, 11) is 0. The smallest absolute Gasteiger partial charge is 0.378 e. The molecule has 1 saturated heterocycles. The van der Waals surface area contributed by atoms with Crippen molar-refractivity contribution in [2.45, 2.75) is 6.18 Å². The highest BCUT2D eigenvalue weighted by Crippen LogP contribution is 2.36. The first kappa shape index (κ1) is 17.4. The molecule has 0 N–H and O–H groups in total. The Hall–Kier alpha value is -3.01. The largest absolute Gasteiger partial charge is 0.417 e.